The number of aromatic carboxylic acids is 1. The molecule has 7 heteroatoms. The van der Waals surface area contributed by atoms with Crippen molar-refractivity contribution in [1.29, 1.82) is 0 Å². The van der Waals surface area contributed by atoms with Gasteiger partial charge in [-0.3, -0.25) is 4.68 Å². The topological polar surface area (TPSA) is 85.8 Å². The van der Waals surface area contributed by atoms with E-state index in [2.05, 4.69) is 15.4 Å². The molecule has 15 heavy (non-hydrogen) atoms. The molecule has 0 saturated heterocycles. The first-order valence-corrected chi connectivity index (χ1v) is 4.25. The maximum Gasteiger partial charge on any atom is 0.356 e. The number of hydrogen-bond acceptors (Lipinski definition) is 4. The maximum atomic E-state index is 10.6. The molecule has 0 radical (unpaired) electrons. The second-order valence-corrected chi connectivity index (χ2v) is 3.07. The van der Waals surface area contributed by atoms with Gasteiger partial charge in [-0.1, -0.05) is 5.21 Å². The third-order valence-electron chi connectivity index (χ3n) is 2.11. The van der Waals surface area contributed by atoms with Crippen LogP contribution in [0.1, 0.15) is 16.2 Å². The summed E-state index contributed by atoms with van der Waals surface area (Å²) in [5.74, 6) is -0.528. The fraction of sp³-hybridized carbons (Fsp3) is 0.250. The molecular weight excluding hydrogens is 198 g/mol. The summed E-state index contributed by atoms with van der Waals surface area (Å²) in [5, 5.41) is 20.2. The van der Waals surface area contributed by atoms with E-state index < -0.39 is 5.97 Å². The standard InChI is InChI=1S/C8H9N5O2/c1-5-7(9-11-12(5)2)13-4-3-6(10-13)8(14)15/h3-4H,1-2H3,(H,14,15). The van der Waals surface area contributed by atoms with Gasteiger partial charge in [-0.15, -0.1) is 5.10 Å². The lowest BCUT2D eigenvalue weighted by Gasteiger charge is -1.96. The Bertz CT molecular complexity index is 513. The third-order valence-corrected chi connectivity index (χ3v) is 2.11. The van der Waals surface area contributed by atoms with Crippen molar-refractivity contribution in [2.75, 3.05) is 0 Å². The van der Waals surface area contributed by atoms with Crippen molar-refractivity contribution in [2.24, 2.45) is 7.05 Å². The zero-order valence-corrected chi connectivity index (χ0v) is 8.25. The third kappa shape index (κ3) is 1.47. The predicted molar refractivity (Wildman–Crippen MR) is 49.8 cm³/mol. The average Bonchev–Trinajstić information content (AvgIpc) is 2.76. The van der Waals surface area contributed by atoms with Crippen LogP contribution in [0.2, 0.25) is 0 Å². The molecule has 78 valence electrons. The average molecular weight is 207 g/mol. The van der Waals surface area contributed by atoms with Crippen molar-refractivity contribution in [3.8, 4) is 5.82 Å². The first-order valence-electron chi connectivity index (χ1n) is 4.25. The summed E-state index contributed by atoms with van der Waals surface area (Å²) >= 11 is 0. The Morgan fingerprint density at radius 3 is 2.73 bits per heavy atom. The van der Waals surface area contributed by atoms with Crippen LogP contribution >= 0.6 is 0 Å². The smallest absolute Gasteiger partial charge is 0.356 e. The number of carboxylic acid groups (broad SMARTS) is 1. The Morgan fingerprint density at radius 2 is 2.27 bits per heavy atom. The number of aryl methyl sites for hydroxylation is 1. The van der Waals surface area contributed by atoms with Gasteiger partial charge < -0.3 is 5.11 Å². The number of carboxylic acids is 1. The van der Waals surface area contributed by atoms with Gasteiger partial charge in [0.1, 0.15) is 0 Å². The zero-order chi connectivity index (χ0) is 11.0. The maximum absolute atomic E-state index is 10.6. The molecule has 0 spiro atoms. The van der Waals surface area contributed by atoms with Gasteiger partial charge in [-0.2, -0.15) is 5.10 Å². The van der Waals surface area contributed by atoms with E-state index in [1.165, 1.54) is 10.7 Å². The number of hydrogen-bond donors (Lipinski definition) is 1. The number of aromatic nitrogens is 5. The van der Waals surface area contributed by atoms with Gasteiger partial charge in [-0.05, 0) is 13.0 Å². The van der Waals surface area contributed by atoms with Gasteiger partial charge in [-0.25, -0.2) is 9.48 Å². The molecule has 2 aromatic rings. The molecule has 0 unspecified atom stereocenters. The summed E-state index contributed by atoms with van der Waals surface area (Å²) < 4.78 is 2.99. The monoisotopic (exact) mass is 207 g/mol. The van der Waals surface area contributed by atoms with E-state index in [0.717, 1.165) is 5.69 Å². The lowest BCUT2D eigenvalue weighted by molar-refractivity contribution is 0.0690. The molecule has 0 fully saturated rings. The predicted octanol–water partition coefficient (Wildman–Crippen LogP) is 0.00742. The molecule has 0 atom stereocenters. The molecule has 0 amide bonds. The minimum absolute atomic E-state index is 0.0138. The van der Waals surface area contributed by atoms with Crippen LogP contribution in [0, 0.1) is 6.92 Å². The highest BCUT2D eigenvalue weighted by Gasteiger charge is 2.12. The summed E-state index contributed by atoms with van der Waals surface area (Å²) in [6, 6.07) is 1.41. The van der Waals surface area contributed by atoms with Crippen LogP contribution in [0.5, 0.6) is 0 Å². The zero-order valence-electron chi connectivity index (χ0n) is 8.25. The summed E-state index contributed by atoms with van der Waals surface area (Å²) in [7, 11) is 1.76. The summed E-state index contributed by atoms with van der Waals surface area (Å²) in [6.45, 7) is 1.83. The van der Waals surface area contributed by atoms with Crippen LogP contribution in [0.3, 0.4) is 0 Å². The fourth-order valence-corrected chi connectivity index (χ4v) is 1.16. The first-order chi connectivity index (χ1) is 7.09. The molecule has 7 nitrogen and oxygen atoms in total. The molecule has 0 aromatic carbocycles. The molecule has 0 aliphatic heterocycles. The lowest BCUT2D eigenvalue weighted by Crippen LogP contribution is -2.02. The molecule has 2 rings (SSSR count). The van der Waals surface area contributed by atoms with Crippen molar-refractivity contribution in [3.05, 3.63) is 23.7 Å². The largest absolute Gasteiger partial charge is 0.476 e. The highest BCUT2D eigenvalue weighted by molar-refractivity contribution is 5.85. The SMILES string of the molecule is Cc1c(-n2ccc(C(=O)O)n2)nnn1C. The van der Waals surface area contributed by atoms with E-state index in [4.69, 9.17) is 5.11 Å². The van der Waals surface area contributed by atoms with Gasteiger partial charge in [0.15, 0.2) is 11.5 Å². The Balaban J connectivity index is 2.46. The van der Waals surface area contributed by atoms with Crippen molar-refractivity contribution in [1.82, 2.24) is 24.8 Å². The summed E-state index contributed by atoms with van der Waals surface area (Å²) in [6.07, 6.45) is 1.54. The Morgan fingerprint density at radius 1 is 1.53 bits per heavy atom. The van der Waals surface area contributed by atoms with E-state index in [1.807, 2.05) is 6.92 Å². The van der Waals surface area contributed by atoms with Crippen molar-refractivity contribution in [3.63, 3.8) is 0 Å². The molecule has 0 saturated carbocycles. The Kier molecular flexibility index (Phi) is 2.00. The highest BCUT2D eigenvalue weighted by atomic mass is 16.4. The van der Waals surface area contributed by atoms with E-state index >= 15 is 0 Å². The van der Waals surface area contributed by atoms with E-state index in [0.29, 0.717) is 5.82 Å². The minimum Gasteiger partial charge on any atom is -0.476 e. The number of rotatable bonds is 2. The molecule has 0 bridgehead atoms. The molecule has 0 aliphatic rings. The van der Waals surface area contributed by atoms with Gasteiger partial charge in [0.05, 0.1) is 5.69 Å². The van der Waals surface area contributed by atoms with E-state index in [-0.39, 0.29) is 5.69 Å². The Hall–Kier alpha value is -2.18. The van der Waals surface area contributed by atoms with Crippen LogP contribution in [-0.2, 0) is 7.05 Å². The first kappa shape index (κ1) is 9.38. The number of carbonyl (C=O) groups is 1. The second kappa shape index (κ2) is 3.19. The van der Waals surface area contributed by atoms with Crippen molar-refractivity contribution >= 4 is 5.97 Å². The van der Waals surface area contributed by atoms with Crippen molar-refractivity contribution in [2.45, 2.75) is 6.92 Å². The molecular formula is C8H9N5O2. The van der Waals surface area contributed by atoms with Crippen LogP contribution in [0.25, 0.3) is 5.82 Å². The second-order valence-electron chi connectivity index (χ2n) is 3.07. The van der Waals surface area contributed by atoms with Crippen LogP contribution in [0.15, 0.2) is 12.3 Å². The lowest BCUT2D eigenvalue weighted by atomic mass is 10.4. The summed E-state index contributed by atoms with van der Waals surface area (Å²) in [4.78, 5) is 10.6. The normalized spacial score (nSPS) is 10.5. The van der Waals surface area contributed by atoms with Crippen molar-refractivity contribution < 1.29 is 9.90 Å². The van der Waals surface area contributed by atoms with E-state index in [9.17, 15) is 4.79 Å². The minimum atomic E-state index is -1.06. The quantitative estimate of drug-likeness (QED) is 0.749. The van der Waals surface area contributed by atoms with E-state index in [1.54, 1.807) is 17.9 Å². The van der Waals surface area contributed by atoms with Gasteiger partial charge in [0.2, 0.25) is 0 Å². The van der Waals surface area contributed by atoms with Gasteiger partial charge in [0.25, 0.3) is 0 Å². The van der Waals surface area contributed by atoms with Gasteiger partial charge >= 0.3 is 5.97 Å². The van der Waals surface area contributed by atoms with Crippen LogP contribution < -0.4 is 0 Å². The molecule has 0 aliphatic carbocycles. The van der Waals surface area contributed by atoms with Gasteiger partial charge in [0, 0.05) is 13.2 Å². The van der Waals surface area contributed by atoms with Crippen LogP contribution in [-0.4, -0.2) is 35.9 Å². The number of nitrogens with zero attached hydrogens (tertiary/aromatic N) is 5. The molecule has 2 aromatic heterocycles. The molecule has 2 heterocycles. The summed E-state index contributed by atoms with van der Waals surface area (Å²) in [5.41, 5.74) is 0.801. The Labute approximate surface area is 84.9 Å². The fourth-order valence-electron chi connectivity index (χ4n) is 1.16. The highest BCUT2D eigenvalue weighted by Crippen LogP contribution is 2.08. The van der Waals surface area contributed by atoms with Crippen LogP contribution in [0.4, 0.5) is 0 Å². The molecule has 1 N–H and O–H groups in total.